The molecule has 0 aliphatic heterocycles. The molecular formula is C38H45N11O11. The van der Waals surface area contributed by atoms with Crippen molar-refractivity contribution in [3.8, 4) is 5.88 Å². The number of ether oxygens (including phenoxy) is 1. The number of unbranched alkanes of at least 4 members (excludes halogenated alkanes) is 1. The highest BCUT2D eigenvalue weighted by atomic mass is 16.5. The Morgan fingerprint density at radius 2 is 1.30 bits per heavy atom. The number of aromatic hydroxyl groups is 1. The maximum absolute atomic E-state index is 12.9. The lowest BCUT2D eigenvalue weighted by molar-refractivity contribution is -0.145. The fourth-order valence-electron chi connectivity index (χ4n) is 5.61. The van der Waals surface area contributed by atoms with Gasteiger partial charge in [0.2, 0.25) is 23.6 Å². The van der Waals surface area contributed by atoms with Crippen molar-refractivity contribution in [2.24, 2.45) is 0 Å². The van der Waals surface area contributed by atoms with Crippen molar-refractivity contribution in [1.82, 2.24) is 41.2 Å². The summed E-state index contributed by atoms with van der Waals surface area (Å²) in [7, 11) is 1.15. The van der Waals surface area contributed by atoms with E-state index in [9.17, 15) is 48.9 Å². The van der Waals surface area contributed by atoms with E-state index >= 15 is 0 Å². The summed E-state index contributed by atoms with van der Waals surface area (Å²) in [5.41, 5.74) is 13.4. The number of carboxylic acids is 2. The smallest absolute Gasteiger partial charge is 0.328 e. The topological polar surface area (TPSA) is 353 Å². The summed E-state index contributed by atoms with van der Waals surface area (Å²) < 4.78 is 4.78. The van der Waals surface area contributed by atoms with Crippen molar-refractivity contribution in [3.63, 3.8) is 0 Å². The number of aromatic nitrogens is 4. The van der Waals surface area contributed by atoms with Crippen LogP contribution in [0.25, 0.3) is 11.2 Å². The number of amides is 4. The van der Waals surface area contributed by atoms with Gasteiger partial charge in [0.15, 0.2) is 11.2 Å². The van der Waals surface area contributed by atoms with Gasteiger partial charge in [-0.05, 0) is 80.6 Å². The molecule has 3 atom stereocenters. The third kappa shape index (κ3) is 13.8. The maximum Gasteiger partial charge on any atom is 0.328 e. The summed E-state index contributed by atoms with van der Waals surface area (Å²) in [6.45, 7) is 0.469. The second-order valence-electron chi connectivity index (χ2n) is 13.3. The number of carboxylic acid groups (broad SMARTS) is 2. The highest BCUT2D eigenvalue weighted by Gasteiger charge is 2.26. The van der Waals surface area contributed by atoms with Gasteiger partial charge in [-0.2, -0.15) is 9.97 Å². The van der Waals surface area contributed by atoms with Crippen molar-refractivity contribution >= 4 is 70.0 Å². The Balaban J connectivity index is 1.19. The molecule has 2 aromatic heterocycles. The molecule has 0 fully saturated rings. The SMILES string of the molecule is COC(=O)[C@H](CCCCNC(=O)c1ccc(N)cc1)NC(=O)CC[C@H](NC(=O)CC[C@H](NC(=O)c1ccc(NCc2cnc3nc(N)nc(O)c3n2)cc1)C(=O)O)C(=O)O. The van der Waals surface area contributed by atoms with Crippen LogP contribution >= 0.6 is 0 Å². The first-order chi connectivity index (χ1) is 28.6. The van der Waals surface area contributed by atoms with Gasteiger partial charge in [0.05, 0.1) is 25.5 Å². The molecule has 0 radical (unpaired) electrons. The normalized spacial score (nSPS) is 12.3. The zero-order valence-corrected chi connectivity index (χ0v) is 32.3. The fraction of sp³-hybridized carbons (Fsp3) is 0.342. The molecule has 318 valence electrons. The predicted octanol–water partition coefficient (Wildman–Crippen LogP) is 0.473. The largest absolute Gasteiger partial charge is 0.492 e. The molecule has 4 aromatic rings. The van der Waals surface area contributed by atoms with Crippen LogP contribution in [0.4, 0.5) is 17.3 Å². The molecule has 60 heavy (non-hydrogen) atoms. The van der Waals surface area contributed by atoms with E-state index in [4.69, 9.17) is 16.2 Å². The number of carbonyl (C=O) groups is 7. The molecule has 0 spiro atoms. The highest BCUT2D eigenvalue weighted by molar-refractivity contribution is 5.97. The first-order valence-electron chi connectivity index (χ1n) is 18.5. The van der Waals surface area contributed by atoms with Gasteiger partial charge >= 0.3 is 17.9 Å². The molecule has 22 heteroatoms. The monoisotopic (exact) mass is 831 g/mol. The van der Waals surface area contributed by atoms with E-state index < -0.39 is 72.5 Å². The van der Waals surface area contributed by atoms with Crippen LogP contribution < -0.4 is 38.1 Å². The molecule has 4 amide bonds. The van der Waals surface area contributed by atoms with E-state index in [0.29, 0.717) is 42.0 Å². The van der Waals surface area contributed by atoms with Crippen LogP contribution in [0.5, 0.6) is 5.88 Å². The number of nitrogens with two attached hydrogens (primary N) is 2. The fourth-order valence-corrected chi connectivity index (χ4v) is 5.61. The van der Waals surface area contributed by atoms with Crippen LogP contribution in [0.3, 0.4) is 0 Å². The summed E-state index contributed by atoms with van der Waals surface area (Å²) in [6, 6.07) is 8.30. The first kappa shape index (κ1) is 45.1. The number of methoxy groups -OCH3 is 1. The van der Waals surface area contributed by atoms with Gasteiger partial charge in [-0.3, -0.25) is 19.2 Å². The predicted molar refractivity (Wildman–Crippen MR) is 213 cm³/mol. The van der Waals surface area contributed by atoms with Crippen molar-refractivity contribution in [3.05, 3.63) is 71.5 Å². The van der Waals surface area contributed by atoms with Gasteiger partial charge in [0.1, 0.15) is 18.1 Å². The van der Waals surface area contributed by atoms with Crippen LogP contribution in [0.2, 0.25) is 0 Å². The Kier molecular flexibility index (Phi) is 16.3. The molecule has 12 N–H and O–H groups in total. The number of hydrogen-bond donors (Lipinski definition) is 10. The third-order valence-corrected chi connectivity index (χ3v) is 8.83. The second kappa shape index (κ2) is 21.8. The summed E-state index contributed by atoms with van der Waals surface area (Å²) in [5.74, 6) is -6.73. The van der Waals surface area contributed by atoms with Crippen LogP contribution in [0, 0.1) is 0 Å². The van der Waals surface area contributed by atoms with Crippen LogP contribution in [0.1, 0.15) is 71.4 Å². The van der Waals surface area contributed by atoms with Gasteiger partial charge in [-0.1, -0.05) is 0 Å². The number of nitrogen functional groups attached to an aromatic ring is 2. The Bertz CT molecular complexity index is 2190. The van der Waals surface area contributed by atoms with Gasteiger partial charge < -0.3 is 58.1 Å². The van der Waals surface area contributed by atoms with Gasteiger partial charge in [0, 0.05) is 41.9 Å². The summed E-state index contributed by atoms with van der Waals surface area (Å²) in [6.07, 6.45) is 0.889. The molecule has 0 unspecified atom stereocenters. The number of rotatable bonds is 22. The molecule has 0 aliphatic rings. The zero-order chi connectivity index (χ0) is 43.8. The number of benzene rings is 2. The first-order valence-corrected chi connectivity index (χ1v) is 18.5. The van der Waals surface area contributed by atoms with E-state index in [2.05, 4.69) is 46.5 Å². The molecule has 2 aromatic carbocycles. The van der Waals surface area contributed by atoms with E-state index in [0.717, 1.165) is 7.11 Å². The lowest BCUT2D eigenvalue weighted by Crippen LogP contribution is -2.45. The standard InChI is InChI=1S/C38H45N11O11/c1-60-37(59)27(4-2-3-17-41-32(52)20-5-9-22(39)10-6-20)46-29(51)15-13-25(35(55)56)45-28(50)16-14-26(36(57)58)47-33(53)21-7-11-23(12-8-21)42-18-24-19-43-31-30(44-24)34(54)49-38(40)48-31/h5-12,19,25-27,42H,2-4,13-18,39H2,1H3,(H,41,52)(H,45,50)(H,46,51)(H,47,53)(H,55,56)(H,57,58)(H3,40,43,48,49,54)/t25-,26-,27-/m0/s1. The summed E-state index contributed by atoms with van der Waals surface area (Å²) >= 11 is 0. The molecule has 2 heterocycles. The number of nitrogens with one attached hydrogen (secondary N) is 5. The van der Waals surface area contributed by atoms with Crippen LogP contribution in [0.15, 0.2) is 54.7 Å². The zero-order valence-electron chi connectivity index (χ0n) is 32.3. The lowest BCUT2D eigenvalue weighted by Gasteiger charge is -2.19. The molecular weight excluding hydrogens is 786 g/mol. The van der Waals surface area contributed by atoms with Crippen molar-refractivity contribution < 1.29 is 53.6 Å². The molecule has 4 rings (SSSR count). The van der Waals surface area contributed by atoms with Crippen molar-refractivity contribution in [2.75, 3.05) is 30.4 Å². The highest BCUT2D eigenvalue weighted by Crippen LogP contribution is 2.19. The Morgan fingerprint density at radius 3 is 1.92 bits per heavy atom. The van der Waals surface area contributed by atoms with Crippen LogP contribution in [-0.2, 0) is 35.3 Å². The quantitative estimate of drug-likeness (QED) is 0.0292. The Morgan fingerprint density at radius 1 is 0.717 bits per heavy atom. The number of aliphatic carboxylic acids is 2. The van der Waals surface area contributed by atoms with Gasteiger partial charge in [-0.25, -0.2) is 24.4 Å². The number of anilines is 3. The average molecular weight is 832 g/mol. The minimum absolute atomic E-state index is 0.0652. The number of carbonyl (C=O) groups excluding carboxylic acids is 5. The molecule has 0 saturated carbocycles. The van der Waals surface area contributed by atoms with Crippen molar-refractivity contribution in [2.45, 2.75) is 69.6 Å². The van der Waals surface area contributed by atoms with E-state index in [1.807, 2.05) is 0 Å². The third-order valence-electron chi connectivity index (χ3n) is 8.83. The van der Waals surface area contributed by atoms with E-state index in [-0.39, 0.29) is 54.4 Å². The number of fused-ring (bicyclic) bond motifs is 1. The Labute approximate surface area is 341 Å². The summed E-state index contributed by atoms with van der Waals surface area (Å²) in [5, 5.41) is 42.3. The minimum atomic E-state index is -1.52. The van der Waals surface area contributed by atoms with Gasteiger partial charge in [-0.15, -0.1) is 0 Å². The van der Waals surface area contributed by atoms with Gasteiger partial charge in [0.25, 0.3) is 11.8 Å². The molecule has 22 nitrogen and oxygen atoms in total. The number of esters is 1. The Hall–Kier alpha value is -7.65. The molecule has 0 aliphatic carbocycles. The number of hydrogen-bond acceptors (Lipinski definition) is 16. The average Bonchev–Trinajstić information content (AvgIpc) is 3.22. The lowest BCUT2D eigenvalue weighted by atomic mass is 10.1. The van der Waals surface area contributed by atoms with Crippen LogP contribution in [-0.4, -0.2) is 109 Å². The molecule has 0 saturated heterocycles. The molecule has 0 bridgehead atoms. The van der Waals surface area contributed by atoms with E-state index in [1.165, 1.54) is 18.3 Å². The summed E-state index contributed by atoms with van der Waals surface area (Å²) in [4.78, 5) is 103. The van der Waals surface area contributed by atoms with E-state index in [1.54, 1.807) is 36.4 Å². The minimum Gasteiger partial charge on any atom is -0.492 e. The van der Waals surface area contributed by atoms with Crippen molar-refractivity contribution in [1.29, 1.82) is 0 Å². The maximum atomic E-state index is 12.9. The number of nitrogens with zero attached hydrogens (tertiary/aromatic N) is 4. The second-order valence-corrected chi connectivity index (χ2v) is 13.3.